The number of hydrogen-bond donors (Lipinski definition) is 0. The lowest BCUT2D eigenvalue weighted by molar-refractivity contribution is -0.870. The van der Waals surface area contributed by atoms with E-state index in [2.05, 4.69) is 269 Å². The van der Waals surface area contributed by atoms with Crippen LogP contribution in [0.3, 0.4) is 0 Å². The zero-order valence-electron chi connectivity index (χ0n) is 66.7. The number of ether oxygens (including phenoxy) is 4. The molecule has 0 aromatic carbocycles. The predicted octanol–water partition coefficient (Wildman–Crippen LogP) is 25.6. The summed E-state index contributed by atoms with van der Waals surface area (Å²) >= 11 is 0. The van der Waals surface area contributed by atoms with Crippen LogP contribution >= 0.6 is 0 Å². The molecule has 0 fully saturated rings. The van der Waals surface area contributed by atoms with E-state index in [0.717, 1.165) is 193 Å². The smallest absolute Gasteiger partial charge is 0.306 e. The summed E-state index contributed by atoms with van der Waals surface area (Å²) in [4.78, 5) is 37.6. The minimum atomic E-state index is -1.65. The van der Waals surface area contributed by atoms with Crippen molar-refractivity contribution < 1.29 is 42.9 Å². The van der Waals surface area contributed by atoms with Crippen LogP contribution in [0.5, 0.6) is 0 Å². The molecule has 0 spiro atoms. The second kappa shape index (κ2) is 82.5. The van der Waals surface area contributed by atoms with Gasteiger partial charge in [-0.15, -0.1) is 0 Å². The quantitative estimate of drug-likeness (QED) is 0.0195. The molecule has 2 atom stereocenters. The van der Waals surface area contributed by atoms with Crippen molar-refractivity contribution >= 4 is 17.9 Å². The minimum absolute atomic E-state index is 0.129. The molecule has 0 saturated carbocycles. The highest BCUT2D eigenvalue weighted by Crippen LogP contribution is 2.15. The highest BCUT2D eigenvalue weighted by molar-refractivity contribution is 5.70. The number of carboxylic acids is 1. The van der Waals surface area contributed by atoms with Gasteiger partial charge in [0.1, 0.15) is 13.2 Å². The van der Waals surface area contributed by atoms with E-state index in [4.69, 9.17) is 18.9 Å². The van der Waals surface area contributed by atoms with E-state index in [1.165, 1.54) is 44.9 Å². The summed E-state index contributed by atoms with van der Waals surface area (Å²) in [5.74, 6) is -2.35. The Kier molecular flexibility index (Phi) is 76.9. The molecule has 0 aliphatic heterocycles. The third-order valence-electron chi connectivity index (χ3n) is 16.3. The number of esters is 2. The van der Waals surface area contributed by atoms with E-state index in [-0.39, 0.29) is 38.6 Å². The van der Waals surface area contributed by atoms with Gasteiger partial charge < -0.3 is 33.3 Å². The Morgan fingerprint density at radius 2 is 0.514 bits per heavy atom. The van der Waals surface area contributed by atoms with Gasteiger partial charge in [0.2, 0.25) is 0 Å². The van der Waals surface area contributed by atoms with E-state index >= 15 is 0 Å². The van der Waals surface area contributed by atoms with E-state index < -0.39 is 24.3 Å². The molecule has 0 aromatic heterocycles. The van der Waals surface area contributed by atoms with Crippen LogP contribution in [0, 0.1) is 0 Å². The molecular formula is C96H147NO8. The van der Waals surface area contributed by atoms with Crippen LogP contribution in [-0.4, -0.2) is 82.3 Å². The number of likely N-dealkylation sites (N-methyl/N-ethyl adjacent to an activating group) is 1. The molecule has 0 bridgehead atoms. The average Bonchev–Trinajstić information content (AvgIpc) is 1.18. The number of aliphatic carboxylic acids is 1. The molecule has 584 valence electrons. The molecule has 0 heterocycles. The Balaban J connectivity index is 4.21. The number of carbonyl (C=O) groups excluding carboxylic acids is 3. The second-order valence-corrected chi connectivity index (χ2v) is 27.2. The van der Waals surface area contributed by atoms with Crippen molar-refractivity contribution in [3.8, 4) is 0 Å². The van der Waals surface area contributed by atoms with E-state index in [1.807, 2.05) is 21.1 Å². The Hall–Kier alpha value is -7.17. The maximum Gasteiger partial charge on any atom is 0.306 e. The van der Waals surface area contributed by atoms with E-state index in [0.29, 0.717) is 17.4 Å². The second-order valence-electron chi connectivity index (χ2n) is 27.2. The fraction of sp³-hybridized carbons (Fsp3) is 0.531. The van der Waals surface area contributed by atoms with Crippen LogP contribution in [0.1, 0.15) is 271 Å². The van der Waals surface area contributed by atoms with Crippen molar-refractivity contribution in [1.82, 2.24) is 0 Å². The van der Waals surface area contributed by atoms with Crippen LogP contribution in [0.2, 0.25) is 0 Å². The lowest BCUT2D eigenvalue weighted by Gasteiger charge is -2.26. The molecule has 9 nitrogen and oxygen atoms in total. The van der Waals surface area contributed by atoms with Gasteiger partial charge in [0.15, 0.2) is 12.4 Å². The summed E-state index contributed by atoms with van der Waals surface area (Å²) in [6.45, 7) is 4.46. The number of quaternary nitrogens is 1. The van der Waals surface area contributed by atoms with Gasteiger partial charge in [-0.3, -0.25) is 9.59 Å². The minimum Gasteiger partial charge on any atom is -0.545 e. The molecule has 0 radical (unpaired) electrons. The van der Waals surface area contributed by atoms with Gasteiger partial charge in [0, 0.05) is 12.8 Å². The van der Waals surface area contributed by atoms with E-state index in [9.17, 15) is 19.5 Å². The van der Waals surface area contributed by atoms with Crippen molar-refractivity contribution in [3.63, 3.8) is 0 Å². The molecular weight excluding hydrogens is 1300 g/mol. The van der Waals surface area contributed by atoms with Gasteiger partial charge in [-0.2, -0.15) is 0 Å². The molecule has 0 amide bonds. The summed E-state index contributed by atoms with van der Waals surface area (Å²) < 4.78 is 22.8. The van der Waals surface area contributed by atoms with Crippen molar-refractivity contribution in [2.24, 2.45) is 0 Å². The number of nitrogens with zero attached hydrogens (tertiary/aromatic N) is 1. The average molecular weight is 1440 g/mol. The van der Waals surface area contributed by atoms with Gasteiger partial charge in [-0.05, 0) is 173 Å². The maximum absolute atomic E-state index is 13.0. The summed E-state index contributed by atoms with van der Waals surface area (Å²) in [6.07, 6.45) is 131. The van der Waals surface area contributed by atoms with Gasteiger partial charge >= 0.3 is 11.9 Å². The highest BCUT2D eigenvalue weighted by atomic mass is 16.7. The molecule has 105 heavy (non-hydrogen) atoms. The molecule has 9 heteroatoms. The number of carbonyl (C=O) groups is 3. The van der Waals surface area contributed by atoms with Crippen molar-refractivity contribution in [1.29, 1.82) is 0 Å². The Morgan fingerprint density at radius 1 is 0.286 bits per heavy atom. The number of unbranched alkanes of at least 4 members (excludes halogenated alkanes) is 15. The predicted molar refractivity (Wildman–Crippen MR) is 452 cm³/mol. The van der Waals surface area contributed by atoms with Crippen molar-refractivity contribution in [2.75, 3.05) is 47.5 Å². The zero-order chi connectivity index (χ0) is 76.0. The third-order valence-corrected chi connectivity index (χ3v) is 16.3. The van der Waals surface area contributed by atoms with Crippen LogP contribution in [0.25, 0.3) is 0 Å². The number of rotatable bonds is 72. The first-order chi connectivity index (χ1) is 51.6. The number of hydrogen-bond acceptors (Lipinski definition) is 8. The Labute approximate surface area is 643 Å². The molecule has 0 aliphatic carbocycles. The molecule has 0 saturated heterocycles. The van der Waals surface area contributed by atoms with Crippen molar-refractivity contribution in [3.05, 3.63) is 255 Å². The standard InChI is InChI=1S/C96H147NO8/c1-6-8-10-12-14-16-18-20-22-24-26-28-30-32-34-36-38-40-42-44-46-47-49-51-53-55-57-59-61-63-65-67-69-71-73-75-77-79-81-83-85-87-94(99)105-92(91-104-96(95(100)101)102-89-88-97(3,4)5)90-103-93(98)86-84-82-80-78-76-74-72-70-68-66-64-62-60-58-56-54-52-50-48-45-43-41-39-37-35-33-31-29-27-25-23-21-19-17-15-13-11-9-7-2/h8-11,14-17,20-23,26-29,32-35,38-41,44-46,48-49,51-52,54-55,57-58,60-61,63,67,69,73,75,92,96H,6-7,12-13,18-19,24-25,30-31,36-37,42-43,47,50,53,56,59,62,64-66,68,70-72,74,76-91H2,1-5H3/b10-8-,11-9-,16-14-,17-15-,22-20-,23-21-,28-26-,29-27-,34-32-,35-33-,40-38-,41-39-,46-44-,48-45-,51-49-,54-52-,57-55-,60-58-,63-61-,69-67-,75-73-. The molecule has 0 aliphatic rings. The Bertz CT molecular complexity index is 2690. The first-order valence-corrected chi connectivity index (χ1v) is 40.8. The lowest BCUT2D eigenvalue weighted by Crippen LogP contribution is -2.44. The van der Waals surface area contributed by atoms with Gasteiger partial charge in [0.25, 0.3) is 0 Å². The summed E-state index contributed by atoms with van der Waals surface area (Å²) in [5.41, 5.74) is 0. The van der Waals surface area contributed by atoms with E-state index in [1.54, 1.807) is 0 Å². The van der Waals surface area contributed by atoms with Crippen LogP contribution in [0.15, 0.2) is 255 Å². The lowest BCUT2D eigenvalue weighted by atomic mass is 10.0. The summed E-state index contributed by atoms with van der Waals surface area (Å²) in [6, 6.07) is 0. The number of carboxylic acid groups (broad SMARTS) is 1. The maximum atomic E-state index is 13.0. The van der Waals surface area contributed by atoms with Crippen molar-refractivity contribution in [2.45, 2.75) is 283 Å². The molecule has 0 N–H and O–H groups in total. The normalized spacial score (nSPS) is 14.0. The first-order valence-electron chi connectivity index (χ1n) is 40.8. The number of allylic oxidation sites excluding steroid dienone is 42. The first kappa shape index (κ1) is 97.8. The Morgan fingerprint density at radius 3 is 0.762 bits per heavy atom. The summed E-state index contributed by atoms with van der Waals surface area (Å²) in [7, 11) is 5.91. The summed E-state index contributed by atoms with van der Waals surface area (Å²) in [5, 5.41) is 11.9. The third kappa shape index (κ3) is 84.0. The SMILES string of the molecule is CC/C=C\C/C=C\C/C=C\C/C=C\C/C=C\C/C=C\C/C=C\C/C=C\C/C=C\C/C=C\C/C=C\C/C=C\CCCCCCC(=O)OC(COC(=O)CCCCCCCCCCCCC/C=C\C/C=C\C/C=C\C/C=C\C/C=C\C/C=C\C/C=C\C/C=C\C/C=C\CC)COC(OCC[N+](C)(C)C)C(=O)[O-]. The monoisotopic (exact) mass is 1440 g/mol. The highest BCUT2D eigenvalue weighted by Gasteiger charge is 2.22. The van der Waals surface area contributed by atoms with Crippen LogP contribution in [-0.2, 0) is 33.3 Å². The van der Waals surface area contributed by atoms with Crippen LogP contribution in [0.4, 0.5) is 0 Å². The zero-order valence-corrected chi connectivity index (χ0v) is 66.7. The van der Waals surface area contributed by atoms with Crippen LogP contribution < -0.4 is 5.11 Å². The van der Waals surface area contributed by atoms with Gasteiger partial charge in [-0.25, -0.2) is 0 Å². The topological polar surface area (TPSA) is 111 Å². The largest absolute Gasteiger partial charge is 0.545 e. The molecule has 2 unspecified atom stereocenters. The fourth-order valence-electron chi connectivity index (χ4n) is 10.2. The van der Waals surface area contributed by atoms with Gasteiger partial charge in [0.05, 0.1) is 40.3 Å². The molecule has 0 aromatic rings. The molecule has 0 rings (SSSR count). The van der Waals surface area contributed by atoms with Gasteiger partial charge in [-0.1, -0.05) is 340 Å². The fourth-order valence-corrected chi connectivity index (χ4v) is 10.2.